The smallest absolute Gasteiger partial charge is 0.251 e. The van der Waals surface area contributed by atoms with Gasteiger partial charge in [0, 0.05) is 18.8 Å². The molecule has 0 saturated heterocycles. The van der Waals surface area contributed by atoms with Crippen LogP contribution in [0.25, 0.3) is 11.5 Å². The highest BCUT2D eigenvalue weighted by atomic mass is 16.4. The van der Waals surface area contributed by atoms with E-state index >= 15 is 0 Å². The van der Waals surface area contributed by atoms with Crippen molar-refractivity contribution in [3.63, 3.8) is 0 Å². The molecule has 20 heavy (non-hydrogen) atoms. The molecule has 0 amide bonds. The number of aryl methyl sites for hydroxylation is 1. The Kier molecular flexibility index (Phi) is 3.64. The Balaban J connectivity index is 2.33. The number of hydrogen-bond donors (Lipinski definition) is 2. The Hall–Kier alpha value is -3.32. The van der Waals surface area contributed by atoms with E-state index in [4.69, 9.17) is 14.9 Å². The first-order chi connectivity index (χ1) is 9.63. The van der Waals surface area contributed by atoms with Gasteiger partial charge in [0.15, 0.2) is 0 Å². The summed E-state index contributed by atoms with van der Waals surface area (Å²) in [5.41, 5.74) is 0.865. The molecule has 0 unspecified atom stereocenters. The van der Waals surface area contributed by atoms with E-state index in [1.807, 2.05) is 0 Å². The van der Waals surface area contributed by atoms with Crippen LogP contribution in [-0.4, -0.2) is 15.3 Å². The molecule has 98 valence electrons. The minimum Gasteiger partial charge on any atom is -0.507 e. The number of benzene rings is 1. The predicted octanol–water partition coefficient (Wildman–Crippen LogP) is 2.09. The third-order valence-corrected chi connectivity index (χ3v) is 2.38. The molecule has 0 radical (unpaired) electrons. The van der Waals surface area contributed by atoms with Gasteiger partial charge in [0.25, 0.3) is 5.89 Å². The summed E-state index contributed by atoms with van der Waals surface area (Å²) >= 11 is 0. The number of nitrogens with one attached hydrogen (secondary N) is 1. The molecule has 0 bridgehead atoms. The maximum absolute atomic E-state index is 9.79. The van der Waals surface area contributed by atoms with Crippen LogP contribution >= 0.6 is 0 Å². The Bertz CT molecular complexity index is 733. The van der Waals surface area contributed by atoms with Crippen molar-refractivity contribution in [2.75, 3.05) is 5.32 Å². The number of hydrogen-bond acceptors (Lipinski definition) is 7. The van der Waals surface area contributed by atoms with Crippen molar-refractivity contribution in [3.8, 4) is 29.3 Å². The van der Waals surface area contributed by atoms with Crippen molar-refractivity contribution in [2.45, 2.75) is 6.92 Å². The summed E-state index contributed by atoms with van der Waals surface area (Å²) in [5, 5.41) is 37.3. The molecule has 1 aromatic carbocycles. The summed E-state index contributed by atoms with van der Waals surface area (Å²) in [6.07, 6.45) is 1.27. The number of nitriles is 2. The first-order valence-corrected chi connectivity index (χ1v) is 5.54. The highest BCUT2D eigenvalue weighted by Gasteiger charge is 2.11. The molecule has 1 aromatic heterocycles. The Morgan fingerprint density at radius 1 is 1.35 bits per heavy atom. The molecule has 0 atom stereocenters. The maximum atomic E-state index is 9.79. The fraction of sp³-hybridized carbons (Fsp3) is 0.0769. The van der Waals surface area contributed by atoms with Gasteiger partial charge in [-0.15, -0.1) is 10.2 Å². The van der Waals surface area contributed by atoms with Gasteiger partial charge in [0.05, 0.1) is 5.56 Å². The van der Waals surface area contributed by atoms with E-state index in [0.29, 0.717) is 17.1 Å². The monoisotopic (exact) mass is 267 g/mol. The van der Waals surface area contributed by atoms with Gasteiger partial charge < -0.3 is 14.8 Å². The van der Waals surface area contributed by atoms with E-state index in [2.05, 4.69) is 15.5 Å². The zero-order chi connectivity index (χ0) is 14.5. The molecule has 1 heterocycles. The molecule has 0 aliphatic heterocycles. The number of phenolic OH excluding ortho intramolecular Hbond substituents is 1. The van der Waals surface area contributed by atoms with Gasteiger partial charge in [-0.2, -0.15) is 10.5 Å². The topological polar surface area (TPSA) is 119 Å². The molecule has 0 fully saturated rings. The summed E-state index contributed by atoms with van der Waals surface area (Å²) in [5.74, 6) is 0.561. The van der Waals surface area contributed by atoms with E-state index < -0.39 is 0 Å². The summed E-state index contributed by atoms with van der Waals surface area (Å²) in [7, 11) is 0. The van der Waals surface area contributed by atoms with Gasteiger partial charge >= 0.3 is 0 Å². The molecule has 0 saturated carbocycles. The predicted molar refractivity (Wildman–Crippen MR) is 69.1 cm³/mol. The van der Waals surface area contributed by atoms with Gasteiger partial charge in [-0.3, -0.25) is 0 Å². The average molecular weight is 267 g/mol. The third-order valence-electron chi connectivity index (χ3n) is 2.38. The van der Waals surface area contributed by atoms with Crippen LogP contribution in [0.3, 0.4) is 0 Å². The minimum absolute atomic E-state index is 0.0102. The van der Waals surface area contributed by atoms with Crippen molar-refractivity contribution < 1.29 is 9.52 Å². The van der Waals surface area contributed by atoms with Crippen LogP contribution in [0.5, 0.6) is 5.75 Å². The van der Waals surface area contributed by atoms with Crippen molar-refractivity contribution in [1.29, 1.82) is 10.5 Å². The number of rotatable bonds is 3. The lowest BCUT2D eigenvalue weighted by Crippen LogP contribution is -1.91. The normalized spacial score (nSPS) is 9.35. The standard InChI is InChI=1S/C13H9N5O2/c1-8-17-18-13(20-8)11-4-10(2-3-12(11)19)16-7-9(5-14)6-15/h2-4,7,16,19H,1H3. The van der Waals surface area contributed by atoms with E-state index in [1.54, 1.807) is 31.2 Å². The lowest BCUT2D eigenvalue weighted by molar-refractivity contribution is 0.471. The molecule has 0 aliphatic rings. The number of aromatic nitrogens is 2. The number of anilines is 1. The molecule has 2 N–H and O–H groups in total. The largest absolute Gasteiger partial charge is 0.507 e. The van der Waals surface area contributed by atoms with Crippen LogP contribution < -0.4 is 5.32 Å². The SMILES string of the molecule is Cc1nnc(-c2cc(NC=C(C#N)C#N)ccc2O)o1. The zero-order valence-electron chi connectivity index (χ0n) is 10.5. The van der Waals surface area contributed by atoms with Crippen LogP contribution in [0.1, 0.15) is 5.89 Å². The fourth-order valence-corrected chi connectivity index (χ4v) is 1.45. The molecular weight excluding hydrogens is 258 g/mol. The second-order valence-electron chi connectivity index (χ2n) is 3.78. The highest BCUT2D eigenvalue weighted by Crippen LogP contribution is 2.30. The molecule has 0 aliphatic carbocycles. The summed E-state index contributed by atoms with van der Waals surface area (Å²) in [6.45, 7) is 1.64. The maximum Gasteiger partial charge on any atom is 0.251 e. The van der Waals surface area contributed by atoms with Crippen LogP contribution in [-0.2, 0) is 0 Å². The number of nitrogens with zero attached hydrogens (tertiary/aromatic N) is 4. The summed E-state index contributed by atoms with van der Waals surface area (Å²) in [6, 6.07) is 8.07. The van der Waals surface area contributed by atoms with Gasteiger partial charge in [0.1, 0.15) is 23.5 Å². The number of allylic oxidation sites excluding steroid dienone is 1. The number of aromatic hydroxyl groups is 1. The Morgan fingerprint density at radius 2 is 2.10 bits per heavy atom. The van der Waals surface area contributed by atoms with Crippen LogP contribution in [0.2, 0.25) is 0 Å². The Morgan fingerprint density at radius 3 is 2.70 bits per heavy atom. The van der Waals surface area contributed by atoms with Gasteiger partial charge in [-0.1, -0.05) is 0 Å². The Labute approximate surface area is 114 Å². The first kappa shape index (κ1) is 13.1. The average Bonchev–Trinajstić information content (AvgIpc) is 2.88. The lowest BCUT2D eigenvalue weighted by atomic mass is 10.1. The molecule has 0 spiro atoms. The summed E-state index contributed by atoms with van der Waals surface area (Å²) in [4.78, 5) is 0. The second-order valence-corrected chi connectivity index (χ2v) is 3.78. The highest BCUT2D eigenvalue weighted by molar-refractivity contribution is 5.68. The molecule has 2 rings (SSSR count). The third kappa shape index (κ3) is 2.74. The van der Waals surface area contributed by atoms with Crippen molar-refractivity contribution in [3.05, 3.63) is 35.9 Å². The van der Waals surface area contributed by atoms with E-state index in [0.717, 1.165) is 0 Å². The van der Waals surface area contributed by atoms with Crippen LogP contribution in [0.15, 0.2) is 34.4 Å². The minimum atomic E-state index is -0.0618. The zero-order valence-corrected chi connectivity index (χ0v) is 10.5. The van der Waals surface area contributed by atoms with Gasteiger partial charge in [-0.25, -0.2) is 0 Å². The lowest BCUT2D eigenvalue weighted by Gasteiger charge is -2.04. The van der Waals surface area contributed by atoms with Crippen molar-refractivity contribution in [2.24, 2.45) is 0 Å². The molecule has 2 aromatic rings. The molecule has 7 nitrogen and oxygen atoms in total. The first-order valence-electron chi connectivity index (χ1n) is 5.54. The van der Waals surface area contributed by atoms with E-state index in [1.165, 1.54) is 12.3 Å². The van der Waals surface area contributed by atoms with E-state index in [-0.39, 0.29) is 17.2 Å². The van der Waals surface area contributed by atoms with Crippen LogP contribution in [0, 0.1) is 29.6 Å². The second kappa shape index (κ2) is 5.55. The quantitative estimate of drug-likeness (QED) is 0.645. The summed E-state index contributed by atoms with van der Waals surface area (Å²) < 4.78 is 5.24. The van der Waals surface area contributed by atoms with Gasteiger partial charge in [-0.05, 0) is 18.2 Å². The molecular formula is C13H9N5O2. The van der Waals surface area contributed by atoms with Gasteiger partial charge in [0.2, 0.25) is 5.89 Å². The molecule has 7 heteroatoms. The van der Waals surface area contributed by atoms with Crippen molar-refractivity contribution >= 4 is 5.69 Å². The number of phenols is 1. The van der Waals surface area contributed by atoms with Crippen LogP contribution in [0.4, 0.5) is 5.69 Å². The fourth-order valence-electron chi connectivity index (χ4n) is 1.45. The van der Waals surface area contributed by atoms with E-state index in [9.17, 15) is 5.11 Å². The van der Waals surface area contributed by atoms with Crippen molar-refractivity contribution in [1.82, 2.24) is 10.2 Å².